The van der Waals surface area contributed by atoms with Crippen molar-refractivity contribution in [2.75, 3.05) is 13.7 Å². The summed E-state index contributed by atoms with van der Waals surface area (Å²) in [5, 5.41) is 38.7. The van der Waals surface area contributed by atoms with Gasteiger partial charge >= 0.3 is 0 Å². The molecule has 0 aromatic heterocycles. The summed E-state index contributed by atoms with van der Waals surface area (Å²) in [6, 6.07) is 4.54. The van der Waals surface area contributed by atoms with Gasteiger partial charge in [-0.25, -0.2) is 0 Å². The Labute approximate surface area is 139 Å². The van der Waals surface area contributed by atoms with E-state index in [1.54, 1.807) is 13.0 Å². The lowest BCUT2D eigenvalue weighted by Crippen LogP contribution is -2.60. The van der Waals surface area contributed by atoms with E-state index < -0.39 is 37.3 Å². The van der Waals surface area contributed by atoms with Gasteiger partial charge in [0.1, 0.15) is 24.4 Å². The van der Waals surface area contributed by atoms with Gasteiger partial charge in [0.15, 0.2) is 17.3 Å². The van der Waals surface area contributed by atoms with Crippen molar-refractivity contribution in [2.24, 2.45) is 0 Å². The molecule has 0 amide bonds. The Kier molecular flexibility index (Phi) is 6.14. The van der Waals surface area contributed by atoms with E-state index in [9.17, 15) is 25.2 Å². The number of ketones is 1. The Morgan fingerprint density at radius 1 is 1.17 bits per heavy atom. The summed E-state index contributed by atoms with van der Waals surface area (Å²) in [6.45, 7) is 1.19. The summed E-state index contributed by atoms with van der Waals surface area (Å²) in [5.74, 6) is 0.383. The summed E-state index contributed by atoms with van der Waals surface area (Å²) >= 11 is 0. The highest BCUT2D eigenvalue weighted by molar-refractivity contribution is 5.96. The molecule has 1 aromatic carbocycles. The fourth-order valence-corrected chi connectivity index (χ4v) is 2.43. The predicted molar refractivity (Wildman–Crippen MR) is 82.0 cm³/mol. The van der Waals surface area contributed by atoms with Crippen LogP contribution in [0.4, 0.5) is 0 Å². The van der Waals surface area contributed by atoms with Crippen LogP contribution in [0.5, 0.6) is 11.5 Å². The van der Waals surface area contributed by atoms with Crippen molar-refractivity contribution < 1.29 is 39.4 Å². The lowest BCUT2D eigenvalue weighted by Gasteiger charge is -2.39. The van der Waals surface area contributed by atoms with Gasteiger partial charge in [-0.1, -0.05) is 6.92 Å². The number of hydrogen-bond acceptors (Lipinski definition) is 8. The van der Waals surface area contributed by atoms with Gasteiger partial charge in [-0.15, -0.1) is 0 Å². The zero-order chi connectivity index (χ0) is 17.9. The van der Waals surface area contributed by atoms with Crippen molar-refractivity contribution in [3.63, 3.8) is 0 Å². The van der Waals surface area contributed by atoms with Crippen molar-refractivity contribution in [1.29, 1.82) is 0 Å². The average Bonchev–Trinajstić information content (AvgIpc) is 2.61. The van der Waals surface area contributed by atoms with Crippen molar-refractivity contribution >= 4 is 5.78 Å². The van der Waals surface area contributed by atoms with Crippen molar-refractivity contribution in [3.05, 3.63) is 23.8 Å². The maximum Gasteiger partial charge on any atom is 0.229 e. The van der Waals surface area contributed by atoms with E-state index in [1.165, 1.54) is 19.2 Å². The fraction of sp³-hybridized carbons (Fsp3) is 0.562. The highest BCUT2D eigenvalue weighted by Gasteiger charge is 2.44. The van der Waals surface area contributed by atoms with Crippen LogP contribution in [0.3, 0.4) is 0 Å². The molecule has 134 valence electrons. The molecule has 0 unspecified atom stereocenters. The maximum atomic E-state index is 11.7. The summed E-state index contributed by atoms with van der Waals surface area (Å²) < 4.78 is 16.0. The number of carbonyl (C=O) groups is 1. The minimum atomic E-state index is -1.53. The van der Waals surface area contributed by atoms with E-state index in [-0.39, 0.29) is 17.3 Å². The second kappa shape index (κ2) is 7.91. The number of aliphatic hydroxyl groups is 4. The normalized spacial score (nSPS) is 30.0. The van der Waals surface area contributed by atoms with Crippen LogP contribution in [-0.4, -0.2) is 70.6 Å². The molecule has 8 nitrogen and oxygen atoms in total. The van der Waals surface area contributed by atoms with Crippen LogP contribution in [0, 0.1) is 0 Å². The van der Waals surface area contributed by atoms with Crippen molar-refractivity contribution in [2.45, 2.75) is 44.1 Å². The maximum absolute atomic E-state index is 11.7. The summed E-state index contributed by atoms with van der Waals surface area (Å²) in [5.41, 5.74) is 0.454. The Morgan fingerprint density at radius 2 is 1.88 bits per heavy atom. The van der Waals surface area contributed by atoms with Crippen LogP contribution >= 0.6 is 0 Å². The molecule has 0 radical (unpaired) electrons. The quantitative estimate of drug-likeness (QED) is 0.508. The third-order valence-electron chi connectivity index (χ3n) is 3.90. The molecule has 1 aliphatic rings. The molecule has 0 spiro atoms. The van der Waals surface area contributed by atoms with E-state index in [0.29, 0.717) is 12.0 Å². The first kappa shape index (κ1) is 18.6. The van der Waals surface area contributed by atoms with Gasteiger partial charge in [0.05, 0.1) is 13.7 Å². The Bertz CT molecular complexity index is 573. The van der Waals surface area contributed by atoms with Crippen LogP contribution in [-0.2, 0) is 4.74 Å². The van der Waals surface area contributed by atoms with E-state index >= 15 is 0 Å². The van der Waals surface area contributed by atoms with Crippen LogP contribution in [0.2, 0.25) is 0 Å². The first-order valence-corrected chi connectivity index (χ1v) is 7.61. The molecule has 24 heavy (non-hydrogen) atoms. The summed E-state index contributed by atoms with van der Waals surface area (Å²) in [4.78, 5) is 11.7. The molecule has 1 fully saturated rings. The van der Waals surface area contributed by atoms with Crippen LogP contribution in [0.25, 0.3) is 0 Å². The SMILES string of the molecule is CCC(=O)c1ccc(O[C@@H]2O[C@@H](CO)[C@@H](O)[C@H](O)[C@@H]2O)c(OC)c1. The van der Waals surface area contributed by atoms with Crippen LogP contribution in [0.15, 0.2) is 18.2 Å². The number of benzene rings is 1. The standard InChI is InChI=1S/C16H22O8/c1-3-9(18)8-4-5-10(11(6-8)22-2)23-16-15(21)14(20)13(19)12(7-17)24-16/h4-6,12-17,19-21H,3,7H2,1-2H3/t12-,13+,14-,15-,16+/m0/s1. The molecule has 5 atom stereocenters. The number of aliphatic hydroxyl groups excluding tert-OH is 4. The lowest BCUT2D eigenvalue weighted by molar-refractivity contribution is -0.277. The molecule has 1 heterocycles. The van der Waals surface area contributed by atoms with Crippen molar-refractivity contribution in [3.8, 4) is 11.5 Å². The van der Waals surface area contributed by atoms with E-state index in [2.05, 4.69) is 0 Å². The Morgan fingerprint density at radius 3 is 2.46 bits per heavy atom. The largest absolute Gasteiger partial charge is 0.493 e. The van der Waals surface area contributed by atoms with Gasteiger partial charge in [0, 0.05) is 12.0 Å². The van der Waals surface area contributed by atoms with E-state index in [0.717, 1.165) is 0 Å². The van der Waals surface area contributed by atoms with E-state index in [4.69, 9.17) is 14.2 Å². The molecule has 4 N–H and O–H groups in total. The number of hydrogen-bond donors (Lipinski definition) is 4. The van der Waals surface area contributed by atoms with E-state index in [1.807, 2.05) is 0 Å². The molecule has 1 aromatic rings. The number of carbonyl (C=O) groups excluding carboxylic acids is 1. The second-order valence-corrected chi connectivity index (χ2v) is 5.46. The number of methoxy groups -OCH3 is 1. The molecule has 1 saturated heterocycles. The minimum Gasteiger partial charge on any atom is -0.493 e. The molecule has 0 bridgehead atoms. The Balaban J connectivity index is 2.21. The van der Waals surface area contributed by atoms with Gasteiger partial charge in [-0.05, 0) is 18.2 Å². The van der Waals surface area contributed by atoms with Gasteiger partial charge in [-0.2, -0.15) is 0 Å². The molecule has 0 aliphatic carbocycles. The lowest BCUT2D eigenvalue weighted by atomic mass is 9.99. The van der Waals surface area contributed by atoms with Crippen molar-refractivity contribution in [1.82, 2.24) is 0 Å². The molecule has 2 rings (SSSR count). The molecule has 0 saturated carbocycles. The topological polar surface area (TPSA) is 126 Å². The summed E-state index contributed by atoms with van der Waals surface area (Å²) in [6.07, 6.45) is -6.56. The predicted octanol–water partition coefficient (Wildman–Crippen LogP) is -0.533. The van der Waals surface area contributed by atoms with Gasteiger partial charge in [0.2, 0.25) is 6.29 Å². The summed E-state index contributed by atoms with van der Waals surface area (Å²) in [7, 11) is 1.40. The number of rotatable bonds is 6. The van der Waals surface area contributed by atoms with Crippen LogP contribution in [0.1, 0.15) is 23.7 Å². The Hall–Kier alpha value is -1.71. The first-order chi connectivity index (χ1) is 11.4. The fourth-order valence-electron chi connectivity index (χ4n) is 2.43. The van der Waals surface area contributed by atoms with Gasteiger partial charge in [-0.3, -0.25) is 4.79 Å². The molecule has 1 aliphatic heterocycles. The second-order valence-electron chi connectivity index (χ2n) is 5.46. The average molecular weight is 342 g/mol. The first-order valence-electron chi connectivity index (χ1n) is 7.61. The third-order valence-corrected chi connectivity index (χ3v) is 3.90. The van der Waals surface area contributed by atoms with Gasteiger partial charge in [0.25, 0.3) is 0 Å². The van der Waals surface area contributed by atoms with Crippen LogP contribution < -0.4 is 9.47 Å². The minimum absolute atomic E-state index is 0.0623. The molecular formula is C16H22O8. The molecule has 8 heteroatoms. The number of ether oxygens (including phenoxy) is 3. The highest BCUT2D eigenvalue weighted by Crippen LogP contribution is 2.32. The zero-order valence-electron chi connectivity index (χ0n) is 13.5. The highest BCUT2D eigenvalue weighted by atomic mass is 16.7. The number of Topliss-reactive ketones (excluding diaryl/α,β-unsaturated/α-hetero) is 1. The smallest absolute Gasteiger partial charge is 0.229 e. The monoisotopic (exact) mass is 342 g/mol. The van der Waals surface area contributed by atoms with Gasteiger partial charge < -0.3 is 34.6 Å². The zero-order valence-corrected chi connectivity index (χ0v) is 13.5. The third kappa shape index (κ3) is 3.68. The molecular weight excluding hydrogens is 320 g/mol.